The summed E-state index contributed by atoms with van der Waals surface area (Å²) >= 11 is 1.44. The first-order valence-electron chi connectivity index (χ1n) is 6.09. The largest absolute Gasteiger partial charge is 0.481 e. The zero-order valence-electron chi connectivity index (χ0n) is 10.7. The number of nitrogens with zero attached hydrogens (tertiary/aromatic N) is 1. The maximum atomic E-state index is 10.6. The van der Waals surface area contributed by atoms with Crippen molar-refractivity contribution in [3.05, 3.63) is 46.5 Å². The summed E-state index contributed by atoms with van der Waals surface area (Å²) in [5.74, 6) is -0.850. The van der Waals surface area contributed by atoms with Gasteiger partial charge in [-0.25, -0.2) is 4.98 Å². The average molecular weight is 276 g/mol. The lowest BCUT2D eigenvalue weighted by molar-refractivity contribution is -0.136. The van der Waals surface area contributed by atoms with E-state index in [9.17, 15) is 4.79 Å². The van der Waals surface area contributed by atoms with Crippen LogP contribution in [-0.2, 0) is 17.6 Å². The van der Waals surface area contributed by atoms with Gasteiger partial charge in [0, 0.05) is 11.9 Å². The molecule has 0 radical (unpaired) electrons. The van der Waals surface area contributed by atoms with Gasteiger partial charge in [0.25, 0.3) is 0 Å². The van der Waals surface area contributed by atoms with Gasteiger partial charge in [0.15, 0.2) is 5.13 Å². The number of nitrogens with one attached hydrogen (secondary N) is 1. The topological polar surface area (TPSA) is 62.2 Å². The molecule has 0 atom stereocenters. The molecule has 1 aromatic carbocycles. The Balaban J connectivity index is 1.82. The van der Waals surface area contributed by atoms with Gasteiger partial charge in [0.05, 0.1) is 12.1 Å². The standard InChI is InChI=1S/C14H16N2O2S/c1-10-3-2-4-11(7-10)5-6-15-14-16-12(9-19-14)8-13(17)18/h2-4,7,9H,5-6,8H2,1H3,(H,15,16)(H,17,18). The summed E-state index contributed by atoms with van der Waals surface area (Å²) in [6.07, 6.45) is 0.908. The molecule has 1 heterocycles. The number of carboxylic acids is 1. The predicted octanol–water partition coefficient (Wildman–Crippen LogP) is 2.73. The van der Waals surface area contributed by atoms with E-state index < -0.39 is 5.97 Å². The van der Waals surface area contributed by atoms with Crippen molar-refractivity contribution in [1.82, 2.24) is 4.98 Å². The summed E-state index contributed by atoms with van der Waals surface area (Å²) in [5, 5.41) is 14.5. The number of benzene rings is 1. The minimum Gasteiger partial charge on any atom is -0.481 e. The summed E-state index contributed by atoms with van der Waals surface area (Å²) in [6.45, 7) is 2.87. The van der Waals surface area contributed by atoms with Gasteiger partial charge >= 0.3 is 5.97 Å². The van der Waals surface area contributed by atoms with Gasteiger partial charge in [0.2, 0.25) is 0 Å². The third-order valence-electron chi connectivity index (χ3n) is 2.66. The molecule has 0 aliphatic rings. The number of aromatic nitrogens is 1. The van der Waals surface area contributed by atoms with Gasteiger partial charge in [-0.05, 0) is 18.9 Å². The van der Waals surface area contributed by atoms with Crippen molar-refractivity contribution in [2.45, 2.75) is 19.8 Å². The molecule has 2 aromatic rings. The number of aliphatic carboxylic acids is 1. The highest BCUT2D eigenvalue weighted by Crippen LogP contribution is 2.16. The van der Waals surface area contributed by atoms with Crippen molar-refractivity contribution < 1.29 is 9.90 Å². The molecule has 4 nitrogen and oxygen atoms in total. The summed E-state index contributed by atoms with van der Waals surface area (Å²) in [5.41, 5.74) is 3.15. The Labute approximate surface area is 116 Å². The highest BCUT2D eigenvalue weighted by atomic mass is 32.1. The number of carbonyl (C=O) groups is 1. The van der Waals surface area contributed by atoms with Crippen LogP contribution in [0.3, 0.4) is 0 Å². The first kappa shape index (κ1) is 13.5. The number of aryl methyl sites for hydroxylation is 1. The Morgan fingerprint density at radius 2 is 2.32 bits per heavy atom. The van der Waals surface area contributed by atoms with E-state index in [0.717, 1.165) is 18.1 Å². The molecule has 0 saturated carbocycles. The molecular formula is C14H16N2O2S. The number of thiazole rings is 1. The van der Waals surface area contributed by atoms with Gasteiger partial charge < -0.3 is 10.4 Å². The van der Waals surface area contributed by atoms with Crippen molar-refractivity contribution in [3.8, 4) is 0 Å². The first-order valence-corrected chi connectivity index (χ1v) is 6.97. The van der Waals surface area contributed by atoms with Gasteiger partial charge in [-0.2, -0.15) is 0 Å². The average Bonchev–Trinajstić information content (AvgIpc) is 2.76. The predicted molar refractivity (Wildman–Crippen MR) is 76.8 cm³/mol. The third-order valence-corrected chi connectivity index (χ3v) is 3.51. The smallest absolute Gasteiger partial charge is 0.309 e. The minimum atomic E-state index is -0.850. The molecule has 0 aliphatic heterocycles. The van der Waals surface area contributed by atoms with Crippen LogP contribution >= 0.6 is 11.3 Å². The Hall–Kier alpha value is -1.88. The van der Waals surface area contributed by atoms with Crippen molar-refractivity contribution in [2.24, 2.45) is 0 Å². The van der Waals surface area contributed by atoms with Crippen LogP contribution in [0.2, 0.25) is 0 Å². The van der Waals surface area contributed by atoms with Gasteiger partial charge in [0.1, 0.15) is 0 Å². The molecule has 0 unspecified atom stereocenters. The van der Waals surface area contributed by atoms with Crippen molar-refractivity contribution in [1.29, 1.82) is 0 Å². The Morgan fingerprint density at radius 3 is 3.05 bits per heavy atom. The second kappa shape index (κ2) is 6.33. The van der Waals surface area contributed by atoms with E-state index in [1.165, 1.54) is 22.5 Å². The monoisotopic (exact) mass is 276 g/mol. The third kappa shape index (κ3) is 4.37. The zero-order valence-corrected chi connectivity index (χ0v) is 11.5. The van der Waals surface area contributed by atoms with E-state index in [1.54, 1.807) is 5.38 Å². The maximum Gasteiger partial charge on any atom is 0.309 e. The number of rotatable bonds is 6. The molecular weight excluding hydrogens is 260 g/mol. The number of anilines is 1. The molecule has 100 valence electrons. The van der Waals surface area contributed by atoms with E-state index in [4.69, 9.17) is 5.11 Å². The Bertz CT molecular complexity index is 566. The molecule has 0 bridgehead atoms. The van der Waals surface area contributed by atoms with Crippen LogP contribution in [0.1, 0.15) is 16.8 Å². The highest BCUT2D eigenvalue weighted by Gasteiger charge is 2.05. The molecule has 0 saturated heterocycles. The van der Waals surface area contributed by atoms with Crippen LogP contribution < -0.4 is 5.32 Å². The Kier molecular flexibility index (Phi) is 4.52. The van der Waals surface area contributed by atoms with Crippen LogP contribution in [0.15, 0.2) is 29.6 Å². The lowest BCUT2D eigenvalue weighted by Crippen LogP contribution is -2.05. The molecule has 2 rings (SSSR count). The molecule has 1 aromatic heterocycles. The van der Waals surface area contributed by atoms with Crippen LogP contribution in [0.5, 0.6) is 0 Å². The van der Waals surface area contributed by atoms with E-state index in [1.807, 2.05) is 0 Å². The number of hydrogen-bond donors (Lipinski definition) is 2. The summed E-state index contributed by atoms with van der Waals surface area (Å²) in [7, 11) is 0. The summed E-state index contributed by atoms with van der Waals surface area (Å²) < 4.78 is 0. The quantitative estimate of drug-likeness (QED) is 0.851. The van der Waals surface area contributed by atoms with Crippen LogP contribution in [0, 0.1) is 6.92 Å². The van der Waals surface area contributed by atoms with E-state index in [-0.39, 0.29) is 6.42 Å². The van der Waals surface area contributed by atoms with E-state index in [2.05, 4.69) is 41.5 Å². The second-order valence-electron chi connectivity index (χ2n) is 4.38. The molecule has 0 amide bonds. The molecule has 0 fully saturated rings. The molecule has 19 heavy (non-hydrogen) atoms. The van der Waals surface area contributed by atoms with Gasteiger partial charge in [-0.1, -0.05) is 29.8 Å². The highest BCUT2D eigenvalue weighted by molar-refractivity contribution is 7.13. The van der Waals surface area contributed by atoms with E-state index in [0.29, 0.717) is 5.69 Å². The fraction of sp³-hybridized carbons (Fsp3) is 0.286. The fourth-order valence-corrected chi connectivity index (χ4v) is 2.54. The SMILES string of the molecule is Cc1cccc(CCNc2nc(CC(=O)O)cs2)c1. The summed E-state index contributed by atoms with van der Waals surface area (Å²) in [4.78, 5) is 14.8. The van der Waals surface area contributed by atoms with Crippen LogP contribution in [0.4, 0.5) is 5.13 Å². The van der Waals surface area contributed by atoms with Crippen LogP contribution in [0.25, 0.3) is 0 Å². The lowest BCUT2D eigenvalue weighted by Gasteiger charge is -2.03. The molecule has 0 aliphatic carbocycles. The summed E-state index contributed by atoms with van der Waals surface area (Å²) in [6, 6.07) is 8.40. The van der Waals surface area contributed by atoms with Crippen molar-refractivity contribution in [3.63, 3.8) is 0 Å². The van der Waals surface area contributed by atoms with Gasteiger partial charge in [-0.3, -0.25) is 4.79 Å². The number of hydrogen-bond acceptors (Lipinski definition) is 4. The van der Waals surface area contributed by atoms with Crippen molar-refractivity contribution >= 4 is 22.4 Å². The second-order valence-corrected chi connectivity index (χ2v) is 5.24. The van der Waals surface area contributed by atoms with Gasteiger partial charge in [-0.15, -0.1) is 11.3 Å². The van der Waals surface area contributed by atoms with Crippen LogP contribution in [-0.4, -0.2) is 22.6 Å². The Morgan fingerprint density at radius 1 is 1.47 bits per heavy atom. The normalized spacial score (nSPS) is 10.4. The fourth-order valence-electron chi connectivity index (χ4n) is 1.81. The molecule has 5 heteroatoms. The minimum absolute atomic E-state index is 0.0178. The maximum absolute atomic E-state index is 10.6. The number of carboxylic acid groups (broad SMARTS) is 1. The molecule has 0 spiro atoms. The zero-order chi connectivity index (χ0) is 13.7. The first-order chi connectivity index (χ1) is 9.13. The van der Waals surface area contributed by atoms with Crippen molar-refractivity contribution in [2.75, 3.05) is 11.9 Å². The van der Waals surface area contributed by atoms with E-state index >= 15 is 0 Å². The lowest BCUT2D eigenvalue weighted by atomic mass is 10.1. The molecule has 2 N–H and O–H groups in total.